The van der Waals surface area contributed by atoms with Gasteiger partial charge in [-0.2, -0.15) is 10.2 Å². The summed E-state index contributed by atoms with van der Waals surface area (Å²) in [6, 6.07) is 4.41. The van der Waals surface area contributed by atoms with Gasteiger partial charge in [-0.3, -0.25) is 9.36 Å². The summed E-state index contributed by atoms with van der Waals surface area (Å²) in [4.78, 5) is 4.58. The highest BCUT2D eigenvalue weighted by Gasteiger charge is 2.21. The van der Waals surface area contributed by atoms with Gasteiger partial charge in [0.05, 0.1) is 24.0 Å². The maximum absolute atomic E-state index is 4.75. The summed E-state index contributed by atoms with van der Waals surface area (Å²) in [5.74, 6) is 0.917. The molecular formula is C16H21N7. The van der Waals surface area contributed by atoms with Crippen molar-refractivity contribution in [3.05, 3.63) is 42.1 Å². The van der Waals surface area contributed by atoms with Gasteiger partial charge in [0.25, 0.3) is 0 Å². The summed E-state index contributed by atoms with van der Waals surface area (Å²) in [5.41, 5.74) is 3.33. The van der Waals surface area contributed by atoms with E-state index in [2.05, 4.69) is 43.7 Å². The van der Waals surface area contributed by atoms with Crippen molar-refractivity contribution in [3.63, 3.8) is 0 Å². The van der Waals surface area contributed by atoms with Crippen LogP contribution in [0, 0.1) is 0 Å². The Morgan fingerprint density at radius 1 is 1.35 bits per heavy atom. The van der Waals surface area contributed by atoms with Gasteiger partial charge in [-0.1, -0.05) is 6.92 Å². The number of rotatable bonds is 4. The van der Waals surface area contributed by atoms with Crippen LogP contribution in [0.5, 0.6) is 0 Å². The second-order valence-electron chi connectivity index (χ2n) is 5.88. The fourth-order valence-corrected chi connectivity index (χ4v) is 3.32. The lowest BCUT2D eigenvalue weighted by Crippen LogP contribution is -2.28. The minimum Gasteiger partial charge on any atom is -0.321 e. The van der Waals surface area contributed by atoms with Gasteiger partial charge >= 0.3 is 0 Å². The average Bonchev–Trinajstić information content (AvgIpc) is 3.27. The molecule has 0 saturated heterocycles. The predicted octanol–water partition coefficient (Wildman–Crippen LogP) is 1.58. The average molecular weight is 311 g/mol. The number of fused-ring (bicyclic) bond motifs is 1. The molecule has 1 atom stereocenters. The van der Waals surface area contributed by atoms with Crippen LogP contribution in [0.1, 0.15) is 30.8 Å². The van der Waals surface area contributed by atoms with E-state index in [1.165, 1.54) is 11.4 Å². The van der Waals surface area contributed by atoms with E-state index in [1.54, 1.807) is 0 Å². The van der Waals surface area contributed by atoms with Crippen LogP contribution in [0.15, 0.2) is 30.7 Å². The largest absolute Gasteiger partial charge is 0.321 e. The number of hydrogen-bond donors (Lipinski definition) is 1. The minimum absolute atomic E-state index is 0.205. The first kappa shape index (κ1) is 14.2. The van der Waals surface area contributed by atoms with Gasteiger partial charge in [0.1, 0.15) is 5.69 Å². The van der Waals surface area contributed by atoms with Crippen LogP contribution in [0.4, 0.5) is 0 Å². The maximum atomic E-state index is 4.75. The molecule has 4 rings (SSSR count). The monoisotopic (exact) mass is 311 g/mol. The molecule has 0 unspecified atom stereocenters. The smallest absolute Gasteiger partial charge is 0.161 e. The Morgan fingerprint density at radius 3 is 3.00 bits per heavy atom. The van der Waals surface area contributed by atoms with E-state index in [9.17, 15) is 0 Å². The standard InChI is InChI=1S/C16H21N7/c1-3-14(15-4-5-19-21(15)2)22-8-7-18-16(22)13-10-12-11-17-6-9-23(12)20-13/h4-5,7-8,10,14,17H,3,6,9,11H2,1-2H3/t14-/m1/s1. The van der Waals surface area contributed by atoms with Crippen LogP contribution in [0.3, 0.4) is 0 Å². The van der Waals surface area contributed by atoms with E-state index in [4.69, 9.17) is 5.10 Å². The molecule has 0 bridgehead atoms. The third kappa shape index (κ3) is 2.37. The molecule has 0 aliphatic carbocycles. The van der Waals surface area contributed by atoms with E-state index in [0.29, 0.717) is 0 Å². The number of nitrogens with zero attached hydrogens (tertiary/aromatic N) is 6. The third-order valence-electron chi connectivity index (χ3n) is 4.49. The van der Waals surface area contributed by atoms with Crippen molar-refractivity contribution in [2.24, 2.45) is 7.05 Å². The quantitative estimate of drug-likeness (QED) is 0.794. The topological polar surface area (TPSA) is 65.5 Å². The van der Waals surface area contributed by atoms with Crippen LogP contribution >= 0.6 is 0 Å². The fraction of sp³-hybridized carbons (Fsp3) is 0.438. The highest BCUT2D eigenvalue weighted by Crippen LogP contribution is 2.27. The number of aryl methyl sites for hydroxylation is 1. The Balaban J connectivity index is 1.76. The summed E-state index contributed by atoms with van der Waals surface area (Å²) < 4.78 is 6.22. The number of hydrogen-bond acceptors (Lipinski definition) is 4. The van der Waals surface area contributed by atoms with Gasteiger partial charge in [-0.15, -0.1) is 0 Å². The zero-order chi connectivity index (χ0) is 15.8. The Bertz CT molecular complexity index is 787. The molecule has 0 saturated carbocycles. The van der Waals surface area contributed by atoms with Crippen molar-refractivity contribution >= 4 is 0 Å². The van der Waals surface area contributed by atoms with Crippen molar-refractivity contribution in [1.29, 1.82) is 0 Å². The van der Waals surface area contributed by atoms with E-state index >= 15 is 0 Å². The highest BCUT2D eigenvalue weighted by atomic mass is 15.3. The molecule has 0 radical (unpaired) electrons. The molecule has 0 fully saturated rings. The molecule has 1 N–H and O–H groups in total. The summed E-state index contributed by atoms with van der Waals surface area (Å²) >= 11 is 0. The van der Waals surface area contributed by atoms with Gasteiger partial charge in [-0.05, 0) is 18.6 Å². The molecule has 120 valence electrons. The molecule has 1 aliphatic heterocycles. The van der Waals surface area contributed by atoms with E-state index in [-0.39, 0.29) is 6.04 Å². The molecule has 7 nitrogen and oxygen atoms in total. The molecule has 3 aromatic rings. The number of nitrogens with one attached hydrogen (secondary N) is 1. The molecule has 7 heteroatoms. The van der Waals surface area contributed by atoms with E-state index in [1.807, 2.05) is 30.3 Å². The van der Waals surface area contributed by atoms with Crippen LogP contribution in [-0.4, -0.2) is 35.7 Å². The molecule has 0 amide bonds. The third-order valence-corrected chi connectivity index (χ3v) is 4.49. The van der Waals surface area contributed by atoms with Crippen LogP contribution in [0.25, 0.3) is 11.5 Å². The summed E-state index contributed by atoms with van der Waals surface area (Å²) in [6.07, 6.45) is 6.70. The first-order chi connectivity index (χ1) is 11.3. The molecule has 0 aromatic carbocycles. The first-order valence-corrected chi connectivity index (χ1v) is 8.06. The zero-order valence-corrected chi connectivity index (χ0v) is 13.5. The van der Waals surface area contributed by atoms with Gasteiger partial charge in [0.2, 0.25) is 0 Å². The lowest BCUT2D eigenvalue weighted by Gasteiger charge is -2.19. The van der Waals surface area contributed by atoms with Crippen molar-refractivity contribution in [2.45, 2.75) is 32.5 Å². The SMILES string of the molecule is CC[C@H](c1ccnn1C)n1ccnc1-c1cc2n(n1)CCNC2. The lowest BCUT2D eigenvalue weighted by molar-refractivity contribution is 0.475. The van der Waals surface area contributed by atoms with Crippen molar-refractivity contribution in [2.75, 3.05) is 6.54 Å². The minimum atomic E-state index is 0.205. The van der Waals surface area contributed by atoms with Crippen LogP contribution in [-0.2, 0) is 20.1 Å². The second kappa shape index (κ2) is 5.66. The molecular weight excluding hydrogens is 290 g/mol. The number of imidazole rings is 1. The van der Waals surface area contributed by atoms with Gasteiger partial charge in [0.15, 0.2) is 5.82 Å². The predicted molar refractivity (Wildman–Crippen MR) is 86.8 cm³/mol. The lowest BCUT2D eigenvalue weighted by atomic mass is 10.1. The van der Waals surface area contributed by atoms with Crippen molar-refractivity contribution in [3.8, 4) is 11.5 Å². The maximum Gasteiger partial charge on any atom is 0.161 e. The summed E-state index contributed by atoms with van der Waals surface area (Å²) in [7, 11) is 1.98. The Morgan fingerprint density at radius 2 is 2.26 bits per heavy atom. The first-order valence-electron chi connectivity index (χ1n) is 8.06. The molecule has 0 spiro atoms. The van der Waals surface area contributed by atoms with Crippen molar-refractivity contribution in [1.82, 2.24) is 34.4 Å². The summed E-state index contributed by atoms with van der Waals surface area (Å²) in [5, 5.41) is 12.4. The zero-order valence-electron chi connectivity index (χ0n) is 13.5. The Labute approximate surface area is 134 Å². The molecule has 4 heterocycles. The molecule has 3 aromatic heterocycles. The fourth-order valence-electron chi connectivity index (χ4n) is 3.32. The van der Waals surface area contributed by atoms with Gasteiger partial charge in [-0.25, -0.2) is 4.98 Å². The van der Waals surface area contributed by atoms with Crippen LogP contribution in [0.2, 0.25) is 0 Å². The normalized spacial score (nSPS) is 15.6. The van der Waals surface area contributed by atoms with Crippen LogP contribution < -0.4 is 5.32 Å². The Hall–Kier alpha value is -2.41. The highest BCUT2D eigenvalue weighted by molar-refractivity contribution is 5.51. The molecule has 1 aliphatic rings. The molecule has 23 heavy (non-hydrogen) atoms. The van der Waals surface area contributed by atoms with Gasteiger partial charge < -0.3 is 9.88 Å². The van der Waals surface area contributed by atoms with E-state index < -0.39 is 0 Å². The van der Waals surface area contributed by atoms with E-state index in [0.717, 1.165) is 37.6 Å². The number of aromatic nitrogens is 6. The summed E-state index contributed by atoms with van der Waals surface area (Å²) in [6.45, 7) is 4.93. The second-order valence-corrected chi connectivity index (χ2v) is 5.88. The Kier molecular flexibility index (Phi) is 3.49. The van der Waals surface area contributed by atoms with Gasteiger partial charge in [0, 0.05) is 38.7 Å². The van der Waals surface area contributed by atoms with Crippen molar-refractivity contribution < 1.29 is 0 Å².